The fourth-order valence-corrected chi connectivity index (χ4v) is 3.81. The highest BCUT2D eigenvalue weighted by Gasteiger charge is 2.34. The van der Waals surface area contributed by atoms with E-state index in [1.54, 1.807) is 29.2 Å². The van der Waals surface area contributed by atoms with Crippen molar-refractivity contribution in [2.24, 2.45) is 0 Å². The van der Waals surface area contributed by atoms with E-state index in [1.165, 1.54) is 0 Å². The zero-order valence-electron chi connectivity index (χ0n) is 13.1. The van der Waals surface area contributed by atoms with Crippen molar-refractivity contribution >= 4 is 56.6 Å². The third kappa shape index (κ3) is 4.17. The molecule has 0 radical (unpaired) electrons. The monoisotopic (exact) mass is 440 g/mol. The number of anilines is 1. The lowest BCUT2D eigenvalue weighted by Crippen LogP contribution is -2.43. The second-order valence-electron chi connectivity index (χ2n) is 5.78. The maximum Gasteiger partial charge on any atom is 0.254 e. The molecule has 2 amide bonds. The lowest BCUT2D eigenvalue weighted by Gasteiger charge is -2.24. The average Bonchev–Trinajstić information content (AvgIpc) is 3.05. The van der Waals surface area contributed by atoms with Gasteiger partial charge in [0.25, 0.3) is 5.91 Å². The molecule has 1 saturated heterocycles. The van der Waals surface area contributed by atoms with Crippen molar-refractivity contribution in [1.29, 1.82) is 0 Å². The number of nitrogens with one attached hydrogen (secondary N) is 1. The summed E-state index contributed by atoms with van der Waals surface area (Å²) in [5.41, 5.74) is 1.07. The van der Waals surface area contributed by atoms with Crippen LogP contribution < -0.4 is 5.32 Å². The van der Waals surface area contributed by atoms with Gasteiger partial charge in [-0.15, -0.1) is 0 Å². The van der Waals surface area contributed by atoms with E-state index in [0.717, 1.165) is 10.9 Å². The number of carbonyl (C=O) groups is 2. The Kier molecular flexibility index (Phi) is 5.67. The van der Waals surface area contributed by atoms with Crippen molar-refractivity contribution < 1.29 is 9.59 Å². The van der Waals surface area contributed by atoms with Crippen LogP contribution in [-0.4, -0.2) is 29.3 Å². The largest absolute Gasteiger partial charge is 0.327 e. The Hall–Kier alpha value is -1.56. The Labute approximate surface area is 164 Å². The smallest absolute Gasteiger partial charge is 0.254 e. The molecule has 1 fully saturated rings. The van der Waals surface area contributed by atoms with Crippen LogP contribution in [0, 0.1) is 0 Å². The molecule has 0 aromatic heterocycles. The predicted octanol–water partition coefficient (Wildman–Crippen LogP) is 5.00. The fraction of sp³-hybridized carbons (Fsp3) is 0.222. The van der Waals surface area contributed by atoms with Gasteiger partial charge in [0.05, 0.1) is 5.69 Å². The van der Waals surface area contributed by atoms with Gasteiger partial charge in [-0.2, -0.15) is 0 Å². The molecule has 1 N–H and O–H groups in total. The number of likely N-dealkylation sites (tertiary alicyclic amines) is 1. The average molecular weight is 442 g/mol. The minimum Gasteiger partial charge on any atom is -0.327 e. The van der Waals surface area contributed by atoms with Crippen molar-refractivity contribution in [3.8, 4) is 0 Å². The van der Waals surface area contributed by atoms with E-state index in [2.05, 4.69) is 21.2 Å². The first-order chi connectivity index (χ1) is 12.0. The Morgan fingerprint density at radius 1 is 1.12 bits per heavy atom. The van der Waals surface area contributed by atoms with E-state index < -0.39 is 6.04 Å². The van der Waals surface area contributed by atoms with Crippen molar-refractivity contribution in [2.45, 2.75) is 18.9 Å². The van der Waals surface area contributed by atoms with Crippen LogP contribution in [0.1, 0.15) is 23.2 Å². The van der Waals surface area contributed by atoms with E-state index in [0.29, 0.717) is 34.3 Å². The molecule has 25 heavy (non-hydrogen) atoms. The van der Waals surface area contributed by atoms with Crippen LogP contribution in [0.15, 0.2) is 46.9 Å². The molecule has 0 saturated carbocycles. The molecular formula is C18H15BrCl2N2O2. The molecule has 2 aromatic carbocycles. The highest BCUT2D eigenvalue weighted by atomic mass is 79.9. The number of hydrogen-bond donors (Lipinski definition) is 1. The molecule has 0 bridgehead atoms. The first kappa shape index (κ1) is 18.2. The standard InChI is InChI=1S/C18H15BrCl2N2O2/c19-14-4-1-2-5-15(14)22-17(24)16-6-3-7-23(16)18(25)11-8-12(20)10-13(21)9-11/h1-2,4-5,8-10,16H,3,6-7H2,(H,22,24)/t16-/m0/s1. The molecule has 7 heteroatoms. The second kappa shape index (κ2) is 7.77. The van der Waals surface area contributed by atoms with Gasteiger partial charge in [-0.3, -0.25) is 9.59 Å². The fourth-order valence-electron chi connectivity index (χ4n) is 2.90. The van der Waals surface area contributed by atoms with Gasteiger partial charge >= 0.3 is 0 Å². The van der Waals surface area contributed by atoms with Crippen LogP contribution in [0.3, 0.4) is 0 Å². The molecule has 1 aliphatic rings. The van der Waals surface area contributed by atoms with E-state index in [-0.39, 0.29) is 11.8 Å². The number of rotatable bonds is 3. The van der Waals surface area contributed by atoms with Crippen LogP contribution in [0.2, 0.25) is 10.0 Å². The lowest BCUT2D eigenvalue weighted by atomic mass is 10.1. The predicted molar refractivity (Wildman–Crippen MR) is 103 cm³/mol. The zero-order chi connectivity index (χ0) is 18.0. The van der Waals surface area contributed by atoms with Gasteiger partial charge in [0.15, 0.2) is 0 Å². The number of halogens is 3. The number of amides is 2. The summed E-state index contributed by atoms with van der Waals surface area (Å²) in [5.74, 6) is -0.444. The van der Waals surface area contributed by atoms with E-state index in [1.807, 2.05) is 18.2 Å². The zero-order valence-corrected chi connectivity index (χ0v) is 16.2. The van der Waals surface area contributed by atoms with Crippen LogP contribution in [0.5, 0.6) is 0 Å². The highest BCUT2D eigenvalue weighted by molar-refractivity contribution is 9.10. The number of para-hydroxylation sites is 1. The van der Waals surface area contributed by atoms with Crippen LogP contribution >= 0.6 is 39.1 Å². The van der Waals surface area contributed by atoms with Crippen molar-refractivity contribution in [1.82, 2.24) is 4.90 Å². The Balaban J connectivity index is 1.79. The first-order valence-corrected chi connectivity index (χ1v) is 9.33. The molecule has 0 aliphatic carbocycles. The van der Waals surface area contributed by atoms with Gasteiger partial charge in [0.1, 0.15) is 6.04 Å². The molecule has 1 aliphatic heterocycles. The Morgan fingerprint density at radius 2 is 1.80 bits per heavy atom. The summed E-state index contributed by atoms with van der Waals surface area (Å²) in [4.78, 5) is 27.1. The van der Waals surface area contributed by atoms with E-state index >= 15 is 0 Å². The minimum atomic E-state index is -0.516. The van der Waals surface area contributed by atoms with Crippen molar-refractivity contribution in [2.75, 3.05) is 11.9 Å². The van der Waals surface area contributed by atoms with Crippen LogP contribution in [0.4, 0.5) is 5.69 Å². The lowest BCUT2D eigenvalue weighted by molar-refractivity contribution is -0.119. The number of carbonyl (C=O) groups excluding carboxylic acids is 2. The maximum absolute atomic E-state index is 12.8. The summed E-state index contributed by atoms with van der Waals surface area (Å²) in [5, 5.41) is 3.67. The van der Waals surface area contributed by atoms with Crippen LogP contribution in [-0.2, 0) is 4.79 Å². The first-order valence-electron chi connectivity index (χ1n) is 7.78. The molecule has 1 atom stereocenters. The number of hydrogen-bond acceptors (Lipinski definition) is 2. The van der Waals surface area contributed by atoms with Gasteiger partial charge in [0.2, 0.25) is 5.91 Å². The third-order valence-corrected chi connectivity index (χ3v) is 5.19. The van der Waals surface area contributed by atoms with Crippen LogP contribution in [0.25, 0.3) is 0 Å². The Bertz CT molecular complexity index is 808. The molecule has 2 aromatic rings. The summed E-state index contributed by atoms with van der Waals surface area (Å²) in [6.45, 7) is 0.525. The second-order valence-corrected chi connectivity index (χ2v) is 7.51. The molecule has 130 valence electrons. The van der Waals surface area contributed by atoms with Gasteiger partial charge in [-0.1, -0.05) is 35.3 Å². The van der Waals surface area contributed by atoms with Gasteiger partial charge < -0.3 is 10.2 Å². The molecule has 4 nitrogen and oxygen atoms in total. The van der Waals surface area contributed by atoms with Crippen molar-refractivity contribution in [3.63, 3.8) is 0 Å². The molecule has 0 unspecified atom stereocenters. The molecular weight excluding hydrogens is 427 g/mol. The highest BCUT2D eigenvalue weighted by Crippen LogP contribution is 2.26. The topological polar surface area (TPSA) is 49.4 Å². The normalized spacial score (nSPS) is 16.8. The molecule has 3 rings (SSSR count). The summed E-state index contributed by atoms with van der Waals surface area (Å²) in [6, 6.07) is 11.5. The number of nitrogens with zero attached hydrogens (tertiary/aromatic N) is 1. The third-order valence-electron chi connectivity index (χ3n) is 4.06. The molecule has 1 heterocycles. The molecule has 0 spiro atoms. The quantitative estimate of drug-likeness (QED) is 0.728. The van der Waals surface area contributed by atoms with E-state index in [4.69, 9.17) is 23.2 Å². The van der Waals surface area contributed by atoms with Gasteiger partial charge in [0, 0.05) is 26.6 Å². The SMILES string of the molecule is O=C(Nc1ccccc1Br)[C@@H]1CCCN1C(=O)c1cc(Cl)cc(Cl)c1. The minimum absolute atomic E-state index is 0.203. The summed E-state index contributed by atoms with van der Waals surface area (Å²) < 4.78 is 0.792. The maximum atomic E-state index is 12.8. The Morgan fingerprint density at radius 3 is 2.48 bits per heavy atom. The summed E-state index contributed by atoms with van der Waals surface area (Å²) in [7, 11) is 0. The summed E-state index contributed by atoms with van der Waals surface area (Å²) >= 11 is 15.4. The van der Waals surface area contributed by atoms with Gasteiger partial charge in [-0.25, -0.2) is 0 Å². The van der Waals surface area contributed by atoms with Gasteiger partial charge in [-0.05, 0) is 59.1 Å². The summed E-state index contributed by atoms with van der Waals surface area (Å²) in [6.07, 6.45) is 1.39. The van der Waals surface area contributed by atoms with E-state index in [9.17, 15) is 9.59 Å². The van der Waals surface area contributed by atoms with Crippen molar-refractivity contribution in [3.05, 3.63) is 62.5 Å². The number of benzene rings is 2.